The van der Waals surface area contributed by atoms with Crippen LogP contribution in [0, 0.1) is 5.92 Å². The SMILES string of the molecule is CC1CCCCC1(CN)Nc1ncccc1Br. The van der Waals surface area contributed by atoms with Crippen LogP contribution < -0.4 is 11.1 Å². The van der Waals surface area contributed by atoms with Gasteiger partial charge in [-0.1, -0.05) is 19.8 Å². The fraction of sp³-hybridized carbons (Fsp3) is 0.615. The molecule has 1 aliphatic carbocycles. The van der Waals surface area contributed by atoms with Gasteiger partial charge in [0.1, 0.15) is 5.82 Å². The number of rotatable bonds is 3. The largest absolute Gasteiger partial charge is 0.362 e. The third kappa shape index (κ3) is 2.63. The van der Waals surface area contributed by atoms with Gasteiger partial charge in [0.05, 0.1) is 10.0 Å². The van der Waals surface area contributed by atoms with Crippen molar-refractivity contribution in [3.8, 4) is 0 Å². The molecular formula is C13H20BrN3. The standard InChI is InChI=1S/C13H20BrN3/c1-10-5-2-3-7-13(10,9-15)17-12-11(14)6-4-8-16-12/h4,6,8,10H,2-3,5,7,9,15H2,1H3,(H,16,17). The van der Waals surface area contributed by atoms with E-state index in [0.717, 1.165) is 16.7 Å². The number of nitrogens with two attached hydrogens (primary N) is 1. The molecule has 0 amide bonds. The summed E-state index contributed by atoms with van der Waals surface area (Å²) in [6.07, 6.45) is 6.75. The van der Waals surface area contributed by atoms with Gasteiger partial charge in [0.2, 0.25) is 0 Å². The Morgan fingerprint density at radius 3 is 3.06 bits per heavy atom. The van der Waals surface area contributed by atoms with E-state index >= 15 is 0 Å². The number of anilines is 1. The predicted molar refractivity (Wildman–Crippen MR) is 75.0 cm³/mol. The number of nitrogens with one attached hydrogen (secondary N) is 1. The lowest BCUT2D eigenvalue weighted by molar-refractivity contribution is 0.235. The van der Waals surface area contributed by atoms with E-state index in [1.165, 1.54) is 19.3 Å². The molecule has 1 fully saturated rings. The molecule has 1 aromatic heterocycles. The first-order valence-corrected chi connectivity index (χ1v) is 7.06. The molecule has 0 radical (unpaired) electrons. The molecule has 1 saturated carbocycles. The maximum absolute atomic E-state index is 6.02. The summed E-state index contributed by atoms with van der Waals surface area (Å²) in [6, 6.07) is 3.93. The quantitative estimate of drug-likeness (QED) is 0.901. The van der Waals surface area contributed by atoms with E-state index in [1.807, 2.05) is 18.3 Å². The van der Waals surface area contributed by atoms with E-state index in [4.69, 9.17) is 5.73 Å². The zero-order chi connectivity index (χ0) is 12.3. The average Bonchev–Trinajstić information content (AvgIpc) is 2.35. The molecule has 94 valence electrons. The Labute approximate surface area is 111 Å². The fourth-order valence-electron chi connectivity index (χ4n) is 2.67. The van der Waals surface area contributed by atoms with Crippen LogP contribution in [0.4, 0.5) is 5.82 Å². The van der Waals surface area contributed by atoms with Crippen molar-refractivity contribution in [2.45, 2.75) is 38.1 Å². The molecule has 1 aliphatic rings. The first-order valence-electron chi connectivity index (χ1n) is 6.27. The summed E-state index contributed by atoms with van der Waals surface area (Å²) in [4.78, 5) is 4.39. The van der Waals surface area contributed by atoms with Gasteiger partial charge in [-0.05, 0) is 46.8 Å². The number of aromatic nitrogens is 1. The molecule has 1 aromatic rings. The first-order chi connectivity index (χ1) is 8.18. The lowest BCUT2D eigenvalue weighted by atomic mass is 9.73. The molecule has 1 heterocycles. The van der Waals surface area contributed by atoms with Crippen LogP contribution in [-0.4, -0.2) is 17.1 Å². The van der Waals surface area contributed by atoms with Crippen molar-refractivity contribution < 1.29 is 0 Å². The zero-order valence-corrected chi connectivity index (χ0v) is 11.8. The Morgan fingerprint density at radius 2 is 2.41 bits per heavy atom. The molecule has 3 nitrogen and oxygen atoms in total. The van der Waals surface area contributed by atoms with Gasteiger partial charge in [-0.3, -0.25) is 0 Å². The van der Waals surface area contributed by atoms with Crippen LogP contribution in [0.2, 0.25) is 0 Å². The van der Waals surface area contributed by atoms with Crippen molar-refractivity contribution >= 4 is 21.7 Å². The second kappa shape index (κ2) is 5.36. The van der Waals surface area contributed by atoms with E-state index in [2.05, 4.69) is 33.2 Å². The molecule has 0 bridgehead atoms. The Morgan fingerprint density at radius 1 is 1.59 bits per heavy atom. The van der Waals surface area contributed by atoms with Crippen LogP contribution in [0.1, 0.15) is 32.6 Å². The normalized spacial score (nSPS) is 29.0. The monoisotopic (exact) mass is 297 g/mol. The molecule has 4 heteroatoms. The van der Waals surface area contributed by atoms with Gasteiger partial charge in [0, 0.05) is 12.7 Å². The van der Waals surface area contributed by atoms with Crippen molar-refractivity contribution in [3.63, 3.8) is 0 Å². The molecule has 0 saturated heterocycles. The lowest BCUT2D eigenvalue weighted by Gasteiger charge is -2.43. The second-order valence-corrected chi connectivity index (χ2v) is 5.82. The van der Waals surface area contributed by atoms with E-state index in [9.17, 15) is 0 Å². The molecule has 2 rings (SSSR count). The van der Waals surface area contributed by atoms with Crippen molar-refractivity contribution in [2.75, 3.05) is 11.9 Å². The molecule has 17 heavy (non-hydrogen) atoms. The van der Waals surface area contributed by atoms with Crippen LogP contribution >= 0.6 is 15.9 Å². The summed E-state index contributed by atoms with van der Waals surface area (Å²) in [5.74, 6) is 1.50. The summed E-state index contributed by atoms with van der Waals surface area (Å²) >= 11 is 3.53. The summed E-state index contributed by atoms with van der Waals surface area (Å²) in [7, 11) is 0. The Balaban J connectivity index is 2.22. The Kier molecular flexibility index (Phi) is 4.05. The highest BCUT2D eigenvalue weighted by atomic mass is 79.9. The smallest absolute Gasteiger partial charge is 0.140 e. The highest BCUT2D eigenvalue weighted by molar-refractivity contribution is 9.10. The minimum absolute atomic E-state index is 0.00905. The van der Waals surface area contributed by atoms with Crippen molar-refractivity contribution in [1.29, 1.82) is 0 Å². The summed E-state index contributed by atoms with van der Waals surface area (Å²) in [6.45, 7) is 2.95. The van der Waals surface area contributed by atoms with Gasteiger partial charge in [0.15, 0.2) is 0 Å². The van der Waals surface area contributed by atoms with Gasteiger partial charge in [-0.2, -0.15) is 0 Å². The van der Waals surface area contributed by atoms with E-state index in [0.29, 0.717) is 12.5 Å². The highest BCUT2D eigenvalue weighted by Gasteiger charge is 2.37. The molecule has 0 spiro atoms. The summed E-state index contributed by atoms with van der Waals surface area (Å²) in [5.41, 5.74) is 6.03. The van der Waals surface area contributed by atoms with E-state index < -0.39 is 0 Å². The van der Waals surface area contributed by atoms with Gasteiger partial charge >= 0.3 is 0 Å². The van der Waals surface area contributed by atoms with E-state index in [1.54, 1.807) is 0 Å². The lowest BCUT2D eigenvalue weighted by Crippen LogP contribution is -2.52. The summed E-state index contributed by atoms with van der Waals surface area (Å²) in [5, 5.41) is 3.58. The van der Waals surface area contributed by atoms with Gasteiger partial charge in [0.25, 0.3) is 0 Å². The van der Waals surface area contributed by atoms with Gasteiger partial charge < -0.3 is 11.1 Å². The predicted octanol–water partition coefficient (Wildman–Crippen LogP) is 3.16. The number of hydrogen-bond acceptors (Lipinski definition) is 3. The third-order valence-corrected chi connectivity index (χ3v) is 4.58. The highest BCUT2D eigenvalue weighted by Crippen LogP contribution is 2.36. The van der Waals surface area contributed by atoms with Crippen LogP contribution in [0.25, 0.3) is 0 Å². The number of nitrogens with zero attached hydrogens (tertiary/aromatic N) is 1. The summed E-state index contributed by atoms with van der Waals surface area (Å²) < 4.78 is 1.01. The minimum Gasteiger partial charge on any atom is -0.362 e. The molecule has 0 aromatic carbocycles. The van der Waals surface area contributed by atoms with Crippen LogP contribution in [0.5, 0.6) is 0 Å². The average molecular weight is 298 g/mol. The molecule has 0 aliphatic heterocycles. The Hall–Kier alpha value is -0.610. The van der Waals surface area contributed by atoms with E-state index in [-0.39, 0.29) is 5.54 Å². The number of halogens is 1. The van der Waals surface area contributed by atoms with Crippen molar-refractivity contribution in [3.05, 3.63) is 22.8 Å². The maximum Gasteiger partial charge on any atom is 0.140 e. The van der Waals surface area contributed by atoms with Crippen LogP contribution in [0.3, 0.4) is 0 Å². The maximum atomic E-state index is 6.02. The van der Waals surface area contributed by atoms with Crippen LogP contribution in [-0.2, 0) is 0 Å². The fourth-order valence-corrected chi connectivity index (χ4v) is 3.02. The molecule has 2 atom stereocenters. The molecule has 3 N–H and O–H groups in total. The van der Waals surface area contributed by atoms with Crippen LogP contribution in [0.15, 0.2) is 22.8 Å². The zero-order valence-electron chi connectivity index (χ0n) is 10.2. The number of hydrogen-bond donors (Lipinski definition) is 2. The Bertz CT molecular complexity index is 383. The first kappa shape index (κ1) is 12.8. The second-order valence-electron chi connectivity index (χ2n) is 4.97. The van der Waals surface area contributed by atoms with Gasteiger partial charge in [-0.25, -0.2) is 4.98 Å². The third-order valence-electron chi connectivity index (χ3n) is 3.94. The molecule has 2 unspecified atom stereocenters. The van der Waals surface area contributed by atoms with Gasteiger partial charge in [-0.15, -0.1) is 0 Å². The topological polar surface area (TPSA) is 50.9 Å². The number of pyridine rings is 1. The van der Waals surface area contributed by atoms with Crippen molar-refractivity contribution in [1.82, 2.24) is 4.98 Å². The minimum atomic E-state index is 0.00905. The molecular weight excluding hydrogens is 278 g/mol. The van der Waals surface area contributed by atoms with Crippen molar-refractivity contribution in [2.24, 2.45) is 11.7 Å².